The maximum atomic E-state index is 13.1. The second kappa shape index (κ2) is 70.4. The van der Waals surface area contributed by atoms with Crippen molar-refractivity contribution in [1.82, 2.24) is 0 Å². The van der Waals surface area contributed by atoms with Gasteiger partial charge >= 0.3 is 39.5 Å². The summed E-state index contributed by atoms with van der Waals surface area (Å²) in [5.74, 6) is 0.172. The van der Waals surface area contributed by atoms with E-state index in [1.807, 2.05) is 0 Å². The molecule has 0 amide bonds. The average Bonchev–Trinajstić information content (AvgIpc) is 1.01. The van der Waals surface area contributed by atoms with Crippen LogP contribution < -0.4 is 0 Å². The van der Waals surface area contributed by atoms with Gasteiger partial charge in [-0.2, -0.15) is 0 Å². The molecule has 588 valence electrons. The fourth-order valence-corrected chi connectivity index (χ4v) is 13.9. The summed E-state index contributed by atoms with van der Waals surface area (Å²) in [4.78, 5) is 73.0. The predicted octanol–water partition coefficient (Wildman–Crippen LogP) is 23.7. The first kappa shape index (κ1) is 97.1. The highest BCUT2D eigenvalue weighted by Gasteiger charge is 2.30. The maximum Gasteiger partial charge on any atom is 0.472 e. The van der Waals surface area contributed by atoms with Gasteiger partial charge in [0, 0.05) is 25.7 Å². The summed E-state index contributed by atoms with van der Waals surface area (Å²) in [6.45, 7) is 11.9. The molecule has 5 atom stereocenters. The lowest BCUT2D eigenvalue weighted by Gasteiger charge is -2.21. The Bertz CT molecular complexity index is 1920. The van der Waals surface area contributed by atoms with Gasteiger partial charge in [0.15, 0.2) is 12.2 Å². The van der Waals surface area contributed by atoms with Crippen molar-refractivity contribution in [2.75, 3.05) is 39.6 Å². The maximum absolute atomic E-state index is 13.1. The second-order valence-electron chi connectivity index (χ2n) is 30.2. The van der Waals surface area contributed by atoms with Crippen LogP contribution in [0.5, 0.6) is 0 Å². The molecule has 19 heteroatoms. The number of phosphoric ester groups is 2. The van der Waals surface area contributed by atoms with Crippen molar-refractivity contribution < 1.29 is 80.2 Å². The van der Waals surface area contributed by atoms with Gasteiger partial charge in [-0.3, -0.25) is 37.3 Å². The van der Waals surface area contributed by atoms with Crippen LogP contribution in [0.4, 0.5) is 0 Å². The molecule has 0 rings (SSSR count). The Balaban J connectivity index is 5.25. The quantitative estimate of drug-likeness (QED) is 0.0222. The summed E-state index contributed by atoms with van der Waals surface area (Å²) >= 11 is 0. The number of aliphatic hydroxyl groups is 1. The van der Waals surface area contributed by atoms with Crippen LogP contribution in [0.3, 0.4) is 0 Å². The molecule has 0 fully saturated rings. The number of carbonyl (C=O) groups is 4. The van der Waals surface area contributed by atoms with Gasteiger partial charge in [0.25, 0.3) is 0 Å². The lowest BCUT2D eigenvalue weighted by Crippen LogP contribution is -2.30. The van der Waals surface area contributed by atoms with Crippen molar-refractivity contribution in [3.8, 4) is 0 Å². The lowest BCUT2D eigenvalue weighted by atomic mass is 10.0. The number of unbranched alkanes of at least 4 members (excludes halogenated alkanes) is 46. The van der Waals surface area contributed by atoms with E-state index in [-0.39, 0.29) is 25.7 Å². The Morgan fingerprint density at radius 1 is 0.273 bits per heavy atom. The van der Waals surface area contributed by atoms with Crippen LogP contribution in [-0.4, -0.2) is 96.7 Å². The van der Waals surface area contributed by atoms with Gasteiger partial charge in [0.05, 0.1) is 26.4 Å². The van der Waals surface area contributed by atoms with Gasteiger partial charge in [0.1, 0.15) is 19.3 Å². The molecule has 99 heavy (non-hydrogen) atoms. The molecular formula is C80H156O17P2. The summed E-state index contributed by atoms with van der Waals surface area (Å²) in [7, 11) is -9.92. The Hall–Kier alpha value is -1.94. The zero-order chi connectivity index (χ0) is 73.0. The van der Waals surface area contributed by atoms with E-state index in [1.54, 1.807) is 0 Å². The zero-order valence-electron chi connectivity index (χ0n) is 65.0. The molecule has 0 aromatic rings. The van der Waals surface area contributed by atoms with E-state index in [9.17, 15) is 43.2 Å². The molecule has 2 unspecified atom stereocenters. The number of hydrogen-bond donors (Lipinski definition) is 3. The van der Waals surface area contributed by atoms with Gasteiger partial charge in [-0.1, -0.05) is 363 Å². The molecule has 3 N–H and O–H groups in total. The van der Waals surface area contributed by atoms with Crippen LogP contribution in [0.25, 0.3) is 0 Å². The van der Waals surface area contributed by atoms with E-state index in [2.05, 4.69) is 48.5 Å². The monoisotopic (exact) mass is 1450 g/mol. The summed E-state index contributed by atoms with van der Waals surface area (Å²) in [6.07, 6.45) is 58.3. The van der Waals surface area contributed by atoms with E-state index in [4.69, 9.17) is 37.0 Å². The molecule has 0 aromatic heterocycles. The Kier molecular flexibility index (Phi) is 69.0. The van der Waals surface area contributed by atoms with Crippen LogP contribution in [-0.2, 0) is 65.4 Å². The molecule has 0 saturated carbocycles. The standard InChI is InChI=1S/C80H156O17P2/c1-8-9-10-11-12-13-14-15-16-19-22-28-33-40-47-54-61-77(82)90-67-75(96-79(84)63-56-49-41-34-29-23-20-17-18-21-26-31-37-44-51-58-71(2)3)69-94-98(86,87)92-65-74(81)66-93-99(88,89)95-70-76(68-91-78(83)62-55-48-43-36-39-46-53-60-73(6)7)97-80(85)64-57-50-42-35-30-25-24-27-32-38-45-52-59-72(4)5/h71-76,81H,8-70H2,1-7H3,(H,86,87)(H,88,89)/t74-,75-,76-/m1/s1. The minimum Gasteiger partial charge on any atom is -0.462 e. The average molecular weight is 1450 g/mol. The van der Waals surface area contributed by atoms with Gasteiger partial charge < -0.3 is 33.8 Å². The zero-order valence-corrected chi connectivity index (χ0v) is 66.8. The summed E-state index contributed by atoms with van der Waals surface area (Å²) in [6, 6.07) is 0. The fraction of sp³-hybridized carbons (Fsp3) is 0.950. The molecule has 0 aromatic carbocycles. The SMILES string of the molecule is CCCCCCCCCCCCCCCCCCC(=O)OC[C@H](COP(=O)(O)OC[C@@H](O)COP(=O)(O)OC[C@@H](COC(=O)CCCCCCCCCC(C)C)OC(=O)CCCCCCCCCCCCCCC(C)C)OC(=O)CCCCCCCCCCCCCCCCCC(C)C. The minimum absolute atomic E-state index is 0.106. The Morgan fingerprint density at radius 2 is 0.465 bits per heavy atom. The first-order chi connectivity index (χ1) is 47.7. The summed E-state index contributed by atoms with van der Waals surface area (Å²) < 4.78 is 68.7. The van der Waals surface area contributed by atoms with Crippen LogP contribution in [0.1, 0.15) is 414 Å². The Morgan fingerprint density at radius 3 is 0.687 bits per heavy atom. The van der Waals surface area contributed by atoms with Crippen molar-refractivity contribution in [1.29, 1.82) is 0 Å². The number of aliphatic hydroxyl groups excluding tert-OH is 1. The molecule has 0 aliphatic carbocycles. The molecule has 0 aliphatic rings. The summed E-state index contributed by atoms with van der Waals surface area (Å²) in [5, 5.41) is 10.6. The number of phosphoric acid groups is 2. The first-order valence-corrected chi connectivity index (χ1v) is 44.3. The second-order valence-corrected chi connectivity index (χ2v) is 33.1. The molecule has 0 aliphatic heterocycles. The van der Waals surface area contributed by atoms with Crippen LogP contribution in [0.2, 0.25) is 0 Å². The largest absolute Gasteiger partial charge is 0.472 e. The Labute approximate surface area is 607 Å². The highest BCUT2D eigenvalue weighted by molar-refractivity contribution is 7.47. The third-order valence-corrected chi connectivity index (χ3v) is 20.5. The molecule has 17 nitrogen and oxygen atoms in total. The fourth-order valence-electron chi connectivity index (χ4n) is 12.3. The number of ether oxygens (including phenoxy) is 4. The minimum atomic E-state index is -4.96. The van der Waals surface area contributed by atoms with Gasteiger partial charge in [-0.15, -0.1) is 0 Å². The molecule has 0 saturated heterocycles. The van der Waals surface area contributed by atoms with Crippen LogP contribution >= 0.6 is 15.6 Å². The summed E-state index contributed by atoms with van der Waals surface area (Å²) in [5.41, 5.74) is 0. The number of carbonyl (C=O) groups excluding carboxylic acids is 4. The first-order valence-electron chi connectivity index (χ1n) is 41.3. The van der Waals surface area contributed by atoms with Crippen molar-refractivity contribution in [2.45, 2.75) is 433 Å². The number of rotatable bonds is 78. The number of esters is 4. The molecule has 0 radical (unpaired) electrons. The third-order valence-electron chi connectivity index (χ3n) is 18.6. The molecule has 0 bridgehead atoms. The highest BCUT2D eigenvalue weighted by atomic mass is 31.2. The van der Waals surface area contributed by atoms with Crippen molar-refractivity contribution in [3.05, 3.63) is 0 Å². The highest BCUT2D eigenvalue weighted by Crippen LogP contribution is 2.45. The van der Waals surface area contributed by atoms with E-state index >= 15 is 0 Å². The van der Waals surface area contributed by atoms with Gasteiger partial charge in [-0.05, 0) is 43.4 Å². The lowest BCUT2D eigenvalue weighted by molar-refractivity contribution is -0.161. The van der Waals surface area contributed by atoms with Crippen molar-refractivity contribution >= 4 is 39.5 Å². The van der Waals surface area contributed by atoms with Gasteiger partial charge in [-0.25, -0.2) is 9.13 Å². The number of hydrogen-bond acceptors (Lipinski definition) is 15. The molecule has 0 heterocycles. The van der Waals surface area contributed by atoms with E-state index in [1.165, 1.54) is 218 Å². The third kappa shape index (κ3) is 74.1. The smallest absolute Gasteiger partial charge is 0.462 e. The van der Waals surface area contributed by atoms with Crippen LogP contribution in [0.15, 0.2) is 0 Å². The van der Waals surface area contributed by atoms with E-state index < -0.39 is 97.5 Å². The normalized spacial score (nSPS) is 14.0. The van der Waals surface area contributed by atoms with Gasteiger partial charge in [0.2, 0.25) is 0 Å². The van der Waals surface area contributed by atoms with E-state index in [0.717, 1.165) is 108 Å². The topological polar surface area (TPSA) is 237 Å². The van der Waals surface area contributed by atoms with E-state index in [0.29, 0.717) is 31.6 Å². The molecular weight excluding hydrogens is 1290 g/mol. The van der Waals surface area contributed by atoms with Crippen molar-refractivity contribution in [2.24, 2.45) is 17.8 Å². The predicted molar refractivity (Wildman–Crippen MR) is 405 cm³/mol. The van der Waals surface area contributed by atoms with Crippen LogP contribution in [0, 0.1) is 17.8 Å². The molecule has 0 spiro atoms. The van der Waals surface area contributed by atoms with Crippen molar-refractivity contribution in [3.63, 3.8) is 0 Å².